The van der Waals surface area contributed by atoms with Gasteiger partial charge in [0.15, 0.2) is 0 Å². The van der Waals surface area contributed by atoms with Gasteiger partial charge in [-0.05, 0) is 34.0 Å². The third-order valence-electron chi connectivity index (χ3n) is 1.88. The first-order chi connectivity index (χ1) is 8.56. The fourth-order valence-electron chi connectivity index (χ4n) is 1.13. The van der Waals surface area contributed by atoms with Crippen LogP contribution in [-0.4, -0.2) is 41.2 Å². The Balaban J connectivity index is 4.47. The van der Waals surface area contributed by atoms with Crippen LogP contribution in [0.5, 0.6) is 0 Å². The molecule has 0 saturated heterocycles. The van der Waals surface area contributed by atoms with E-state index in [2.05, 4.69) is 5.32 Å². The first-order valence-corrected chi connectivity index (χ1v) is 7.09. The molecule has 0 aromatic heterocycles. The van der Waals surface area contributed by atoms with Gasteiger partial charge in [0.25, 0.3) is 0 Å². The van der Waals surface area contributed by atoms with E-state index in [1.807, 2.05) is 0 Å². The number of Topliss-reactive ketones (excluding diaryl/α,β-unsaturated/α-hetero) is 1. The highest BCUT2D eigenvalue weighted by Crippen LogP contribution is 2.13. The highest BCUT2D eigenvalue weighted by Gasteiger charge is 2.28. The molecule has 1 amide bonds. The van der Waals surface area contributed by atoms with Crippen LogP contribution in [-0.2, 0) is 19.1 Å². The summed E-state index contributed by atoms with van der Waals surface area (Å²) in [5.74, 6) is -0.939. The molecule has 0 spiro atoms. The number of hydrogen-bond donors (Lipinski definition) is 1. The average Bonchev–Trinajstić information content (AvgIpc) is 2.21. The van der Waals surface area contributed by atoms with Gasteiger partial charge in [0.05, 0.1) is 6.04 Å². The molecule has 0 radical (unpaired) electrons. The molecule has 0 bridgehead atoms. The van der Waals surface area contributed by atoms with Crippen molar-refractivity contribution in [2.75, 3.05) is 6.26 Å². The second-order valence-corrected chi connectivity index (χ2v) is 5.85. The summed E-state index contributed by atoms with van der Waals surface area (Å²) in [6.07, 6.45) is 0.960. The SMILES string of the molecule is CSC(OC(C)=O)C(=O)C(C)NC(=O)OC(C)(C)C. The third kappa shape index (κ3) is 7.71. The van der Waals surface area contributed by atoms with E-state index in [-0.39, 0.29) is 0 Å². The normalized spacial score (nSPS) is 14.2. The quantitative estimate of drug-likeness (QED) is 0.613. The number of carbonyl (C=O) groups is 3. The monoisotopic (exact) mass is 291 g/mol. The number of esters is 1. The van der Waals surface area contributed by atoms with Crippen LogP contribution in [0.15, 0.2) is 0 Å². The number of amides is 1. The van der Waals surface area contributed by atoms with Gasteiger partial charge < -0.3 is 14.8 Å². The predicted molar refractivity (Wildman–Crippen MR) is 72.9 cm³/mol. The van der Waals surface area contributed by atoms with E-state index in [0.717, 1.165) is 11.8 Å². The van der Waals surface area contributed by atoms with Crippen molar-refractivity contribution in [1.29, 1.82) is 0 Å². The summed E-state index contributed by atoms with van der Waals surface area (Å²) in [4.78, 5) is 34.3. The maximum Gasteiger partial charge on any atom is 0.408 e. The number of alkyl carbamates (subject to hydrolysis) is 1. The van der Waals surface area contributed by atoms with Gasteiger partial charge in [-0.15, -0.1) is 11.8 Å². The molecule has 0 aliphatic rings. The number of ketones is 1. The molecule has 2 unspecified atom stereocenters. The molecule has 0 fully saturated rings. The van der Waals surface area contributed by atoms with Crippen molar-refractivity contribution in [2.24, 2.45) is 0 Å². The van der Waals surface area contributed by atoms with Crippen LogP contribution >= 0.6 is 11.8 Å². The minimum absolute atomic E-state index is 0.395. The second kappa shape index (κ2) is 7.37. The van der Waals surface area contributed by atoms with Crippen molar-refractivity contribution in [3.8, 4) is 0 Å². The van der Waals surface area contributed by atoms with Crippen molar-refractivity contribution in [3.05, 3.63) is 0 Å². The number of rotatable bonds is 5. The van der Waals surface area contributed by atoms with Gasteiger partial charge in [0, 0.05) is 6.92 Å². The molecule has 0 saturated carbocycles. The highest BCUT2D eigenvalue weighted by atomic mass is 32.2. The van der Waals surface area contributed by atoms with E-state index in [4.69, 9.17) is 9.47 Å². The van der Waals surface area contributed by atoms with E-state index in [1.165, 1.54) is 13.8 Å². The van der Waals surface area contributed by atoms with Crippen LogP contribution in [0.1, 0.15) is 34.6 Å². The zero-order valence-electron chi connectivity index (χ0n) is 12.1. The molecular formula is C12H21NO5S. The van der Waals surface area contributed by atoms with Crippen LogP contribution in [0, 0.1) is 0 Å². The van der Waals surface area contributed by atoms with E-state index >= 15 is 0 Å². The van der Waals surface area contributed by atoms with Gasteiger partial charge in [0.1, 0.15) is 5.60 Å². The van der Waals surface area contributed by atoms with Gasteiger partial charge in [-0.25, -0.2) is 4.79 Å². The van der Waals surface area contributed by atoms with Crippen LogP contribution in [0.3, 0.4) is 0 Å². The first kappa shape index (κ1) is 17.8. The lowest BCUT2D eigenvalue weighted by Crippen LogP contribution is -2.45. The van der Waals surface area contributed by atoms with E-state index in [9.17, 15) is 14.4 Å². The van der Waals surface area contributed by atoms with E-state index in [0.29, 0.717) is 0 Å². The molecule has 110 valence electrons. The average molecular weight is 291 g/mol. The molecule has 0 heterocycles. The van der Waals surface area contributed by atoms with Crippen molar-refractivity contribution in [3.63, 3.8) is 0 Å². The lowest BCUT2D eigenvalue weighted by Gasteiger charge is -2.23. The fraction of sp³-hybridized carbons (Fsp3) is 0.750. The molecule has 0 aliphatic carbocycles. The lowest BCUT2D eigenvalue weighted by molar-refractivity contribution is -0.148. The van der Waals surface area contributed by atoms with Crippen LogP contribution in [0.4, 0.5) is 4.79 Å². The van der Waals surface area contributed by atoms with Gasteiger partial charge in [-0.3, -0.25) is 9.59 Å². The predicted octanol–water partition coefficient (Wildman–Crippen LogP) is 1.72. The summed E-state index contributed by atoms with van der Waals surface area (Å²) < 4.78 is 9.88. The topological polar surface area (TPSA) is 81.7 Å². The maximum absolute atomic E-state index is 11.9. The summed E-state index contributed by atoms with van der Waals surface area (Å²) in [5.41, 5.74) is -1.57. The minimum Gasteiger partial charge on any atom is -0.444 e. The Hall–Kier alpha value is -1.24. The van der Waals surface area contributed by atoms with Crippen molar-refractivity contribution in [2.45, 2.75) is 51.7 Å². The van der Waals surface area contributed by atoms with Gasteiger partial charge in [-0.1, -0.05) is 0 Å². The number of thioether (sulfide) groups is 1. The summed E-state index contributed by atoms with van der Waals surface area (Å²) in [6.45, 7) is 7.91. The van der Waals surface area contributed by atoms with E-state index < -0.39 is 34.9 Å². The highest BCUT2D eigenvalue weighted by molar-refractivity contribution is 7.99. The van der Waals surface area contributed by atoms with Gasteiger partial charge >= 0.3 is 12.1 Å². The molecule has 1 N–H and O–H groups in total. The fourth-order valence-corrected chi connectivity index (χ4v) is 1.80. The minimum atomic E-state index is -0.928. The Morgan fingerprint density at radius 2 is 1.74 bits per heavy atom. The molecule has 0 rings (SSSR count). The van der Waals surface area contributed by atoms with Gasteiger partial charge in [-0.2, -0.15) is 0 Å². The molecule has 0 aliphatic heterocycles. The van der Waals surface area contributed by atoms with Crippen molar-refractivity contribution < 1.29 is 23.9 Å². The van der Waals surface area contributed by atoms with Gasteiger partial charge in [0.2, 0.25) is 11.2 Å². The molecule has 6 nitrogen and oxygen atoms in total. The zero-order valence-corrected chi connectivity index (χ0v) is 12.9. The standard InChI is InChI=1S/C12H21NO5S/c1-7(13-11(16)18-12(3,4)5)9(15)10(19-6)17-8(2)14/h7,10H,1-6H3,(H,13,16). The Kier molecular flexibility index (Phi) is 6.89. The van der Waals surface area contributed by atoms with Crippen LogP contribution in [0.2, 0.25) is 0 Å². The van der Waals surface area contributed by atoms with E-state index in [1.54, 1.807) is 27.0 Å². The Bertz CT molecular complexity index is 351. The molecule has 0 aromatic carbocycles. The molecule has 0 aromatic rings. The Morgan fingerprint density at radius 1 is 1.21 bits per heavy atom. The Labute approximate surface area is 117 Å². The van der Waals surface area contributed by atoms with Crippen molar-refractivity contribution in [1.82, 2.24) is 5.32 Å². The third-order valence-corrected chi connectivity index (χ3v) is 2.64. The molecule has 7 heteroatoms. The zero-order chi connectivity index (χ0) is 15.2. The summed E-state index contributed by atoms with van der Waals surface area (Å²) in [7, 11) is 0. The van der Waals surface area contributed by atoms with Crippen molar-refractivity contribution >= 4 is 29.6 Å². The second-order valence-electron chi connectivity index (χ2n) is 4.95. The maximum atomic E-state index is 11.9. The van der Waals surface area contributed by atoms with Crippen LogP contribution < -0.4 is 5.32 Å². The Morgan fingerprint density at radius 3 is 2.11 bits per heavy atom. The van der Waals surface area contributed by atoms with Crippen LogP contribution in [0.25, 0.3) is 0 Å². The summed E-state index contributed by atoms with van der Waals surface area (Å²) in [5, 5.41) is 2.41. The number of nitrogens with one attached hydrogen (secondary N) is 1. The first-order valence-electron chi connectivity index (χ1n) is 5.80. The smallest absolute Gasteiger partial charge is 0.408 e. The summed E-state index contributed by atoms with van der Waals surface area (Å²) >= 11 is 1.09. The summed E-state index contributed by atoms with van der Waals surface area (Å²) in [6, 6.07) is -0.799. The molecule has 19 heavy (non-hydrogen) atoms. The molecular weight excluding hydrogens is 270 g/mol. The molecule has 2 atom stereocenters. The number of hydrogen-bond acceptors (Lipinski definition) is 6. The lowest BCUT2D eigenvalue weighted by atomic mass is 10.2. The number of ether oxygens (including phenoxy) is 2. The largest absolute Gasteiger partial charge is 0.444 e. The number of carbonyl (C=O) groups excluding carboxylic acids is 3.